The van der Waals surface area contributed by atoms with Gasteiger partial charge in [0.15, 0.2) is 11.5 Å². The highest BCUT2D eigenvalue weighted by Crippen LogP contribution is 2.58. The predicted octanol–water partition coefficient (Wildman–Crippen LogP) is 9.61. The molecule has 0 aliphatic heterocycles. The Bertz CT molecular complexity index is 1740. The van der Waals surface area contributed by atoms with Gasteiger partial charge in [0.25, 0.3) is 0 Å². The largest absolute Gasteiger partial charge is 0.493 e. The van der Waals surface area contributed by atoms with Gasteiger partial charge >= 0.3 is 0 Å². The van der Waals surface area contributed by atoms with Crippen LogP contribution in [0.25, 0.3) is 66.1 Å². The van der Waals surface area contributed by atoms with Crippen molar-refractivity contribution in [2.75, 3.05) is 14.2 Å². The van der Waals surface area contributed by atoms with Crippen molar-refractivity contribution in [3.8, 4) is 56.0 Å². The lowest BCUT2D eigenvalue weighted by atomic mass is 9.82. The van der Waals surface area contributed by atoms with Crippen LogP contribution in [0.3, 0.4) is 0 Å². The van der Waals surface area contributed by atoms with Crippen molar-refractivity contribution in [3.05, 3.63) is 108 Å². The second-order valence-electron chi connectivity index (χ2n) is 10.2. The fraction of sp³-hybridized carbons (Fsp3) is 0.111. The van der Waals surface area contributed by atoms with Crippen LogP contribution in [0.4, 0.5) is 0 Å². The Kier molecular flexibility index (Phi) is 5.06. The van der Waals surface area contributed by atoms with Crippen LogP contribution in [-0.2, 0) is 0 Å². The quantitative estimate of drug-likeness (QED) is 0.243. The highest BCUT2D eigenvalue weighted by Gasteiger charge is 2.31. The summed E-state index contributed by atoms with van der Waals surface area (Å²) in [7, 11) is 3.42. The van der Waals surface area contributed by atoms with Crippen LogP contribution >= 0.6 is 0 Å². The molecular weight excluding hydrogens is 464 g/mol. The smallest absolute Gasteiger partial charge is 0.161 e. The maximum atomic E-state index is 5.83. The van der Waals surface area contributed by atoms with Crippen molar-refractivity contribution in [3.63, 3.8) is 0 Å². The van der Waals surface area contributed by atoms with E-state index in [4.69, 9.17) is 9.47 Å². The minimum atomic E-state index is 0.733. The molecular formula is C36H28O2. The van der Waals surface area contributed by atoms with Crippen LogP contribution in [0.5, 0.6) is 11.5 Å². The second-order valence-corrected chi connectivity index (χ2v) is 10.2. The molecule has 1 aliphatic rings. The van der Waals surface area contributed by atoms with E-state index in [0.29, 0.717) is 0 Å². The van der Waals surface area contributed by atoms with Gasteiger partial charge in [0.05, 0.1) is 14.2 Å². The summed E-state index contributed by atoms with van der Waals surface area (Å²) in [4.78, 5) is 0. The first kappa shape index (κ1) is 22.6. The molecule has 0 fully saturated rings. The van der Waals surface area contributed by atoms with Crippen molar-refractivity contribution in [2.24, 2.45) is 0 Å². The number of fused-ring (bicyclic) bond motifs is 4. The second kappa shape index (κ2) is 8.49. The van der Waals surface area contributed by atoms with Crippen LogP contribution in [-0.4, -0.2) is 14.2 Å². The molecule has 0 N–H and O–H groups in total. The molecule has 0 unspecified atom stereocenters. The Morgan fingerprint density at radius 1 is 0.474 bits per heavy atom. The third-order valence-electron chi connectivity index (χ3n) is 7.94. The molecule has 0 aromatic heterocycles. The van der Waals surface area contributed by atoms with E-state index in [1.807, 2.05) is 0 Å². The minimum absolute atomic E-state index is 0.733. The van der Waals surface area contributed by atoms with Crippen molar-refractivity contribution < 1.29 is 9.47 Å². The van der Waals surface area contributed by atoms with Crippen molar-refractivity contribution in [1.82, 2.24) is 0 Å². The van der Waals surface area contributed by atoms with E-state index in [2.05, 4.69) is 111 Å². The van der Waals surface area contributed by atoms with Crippen LogP contribution in [0, 0.1) is 13.8 Å². The van der Waals surface area contributed by atoms with Crippen molar-refractivity contribution >= 4 is 21.5 Å². The number of rotatable bonds is 4. The Labute approximate surface area is 223 Å². The minimum Gasteiger partial charge on any atom is -0.493 e. The molecule has 0 atom stereocenters. The summed E-state index contributed by atoms with van der Waals surface area (Å²) in [5.74, 6) is 1.47. The topological polar surface area (TPSA) is 18.5 Å². The lowest BCUT2D eigenvalue weighted by molar-refractivity contribution is 0.356. The van der Waals surface area contributed by atoms with E-state index < -0.39 is 0 Å². The number of benzene rings is 6. The first-order valence-corrected chi connectivity index (χ1v) is 13.0. The standard InChI is InChI=1S/C36H28O2/c1-21-11-15-24(16-12-21)33-28-19-30(37-3)31(38-4)20-29(28)34(25-17-13-22(2)14-18-25)36-27-10-6-8-23-7-5-9-26(32(23)27)35(33)36/h5-20H,1-4H3. The molecule has 0 saturated heterocycles. The maximum Gasteiger partial charge on any atom is 0.161 e. The van der Waals surface area contributed by atoms with Gasteiger partial charge in [-0.25, -0.2) is 0 Å². The SMILES string of the molecule is COc1cc2c(-c3ccc(C)cc3)c3c(c(-c4ccc(C)cc4)c2cc1OC)-c1cccc2cccc-3c12. The van der Waals surface area contributed by atoms with E-state index in [9.17, 15) is 0 Å². The summed E-state index contributed by atoms with van der Waals surface area (Å²) in [5.41, 5.74) is 12.5. The molecule has 6 aromatic carbocycles. The van der Waals surface area contributed by atoms with Crippen LogP contribution in [0.2, 0.25) is 0 Å². The molecule has 7 rings (SSSR count). The highest BCUT2D eigenvalue weighted by molar-refractivity contribution is 6.27. The average Bonchev–Trinajstić information content (AvgIpc) is 3.28. The molecule has 2 heteroatoms. The fourth-order valence-electron chi connectivity index (χ4n) is 6.15. The summed E-state index contributed by atoms with van der Waals surface area (Å²) >= 11 is 0. The monoisotopic (exact) mass is 492 g/mol. The number of methoxy groups -OCH3 is 2. The van der Waals surface area contributed by atoms with Crippen molar-refractivity contribution in [1.29, 1.82) is 0 Å². The molecule has 0 bridgehead atoms. The summed E-state index contributed by atoms with van der Waals surface area (Å²) in [5, 5.41) is 4.90. The molecule has 0 spiro atoms. The fourth-order valence-corrected chi connectivity index (χ4v) is 6.15. The molecule has 0 saturated carbocycles. The molecule has 6 aromatic rings. The third kappa shape index (κ3) is 3.20. The van der Waals surface area contributed by atoms with E-state index in [1.54, 1.807) is 14.2 Å². The van der Waals surface area contributed by atoms with Gasteiger partial charge in [-0.05, 0) is 92.0 Å². The van der Waals surface area contributed by atoms with Gasteiger partial charge in [-0.3, -0.25) is 0 Å². The zero-order valence-corrected chi connectivity index (χ0v) is 22.1. The maximum absolute atomic E-state index is 5.83. The van der Waals surface area contributed by atoms with Gasteiger partial charge in [-0.15, -0.1) is 0 Å². The first-order chi connectivity index (χ1) is 18.6. The van der Waals surface area contributed by atoms with Gasteiger partial charge in [-0.1, -0.05) is 96.1 Å². The predicted molar refractivity (Wildman–Crippen MR) is 159 cm³/mol. The molecule has 0 radical (unpaired) electrons. The van der Waals surface area contributed by atoms with Gasteiger partial charge in [0.2, 0.25) is 0 Å². The van der Waals surface area contributed by atoms with Crippen LogP contribution < -0.4 is 9.47 Å². The summed E-state index contributed by atoms with van der Waals surface area (Å²) in [6.45, 7) is 4.27. The van der Waals surface area contributed by atoms with Gasteiger partial charge in [0, 0.05) is 0 Å². The number of ether oxygens (including phenoxy) is 2. The molecule has 1 aliphatic carbocycles. The van der Waals surface area contributed by atoms with E-state index in [0.717, 1.165) is 22.3 Å². The Morgan fingerprint density at radius 2 is 0.895 bits per heavy atom. The summed E-state index contributed by atoms with van der Waals surface area (Å²) in [6, 6.07) is 35.5. The van der Waals surface area contributed by atoms with Crippen molar-refractivity contribution in [2.45, 2.75) is 13.8 Å². The molecule has 0 amide bonds. The van der Waals surface area contributed by atoms with E-state index >= 15 is 0 Å². The average molecular weight is 493 g/mol. The number of aryl methyl sites for hydroxylation is 2. The van der Waals surface area contributed by atoms with Gasteiger partial charge in [0.1, 0.15) is 0 Å². The van der Waals surface area contributed by atoms with Crippen LogP contribution in [0.1, 0.15) is 11.1 Å². The number of hydrogen-bond donors (Lipinski definition) is 0. The zero-order chi connectivity index (χ0) is 26.0. The van der Waals surface area contributed by atoms with E-state index in [1.165, 1.54) is 66.4 Å². The van der Waals surface area contributed by atoms with Gasteiger partial charge < -0.3 is 9.47 Å². The molecule has 184 valence electrons. The summed E-state index contributed by atoms with van der Waals surface area (Å²) in [6.07, 6.45) is 0. The molecule has 38 heavy (non-hydrogen) atoms. The normalized spacial score (nSPS) is 11.7. The lowest BCUT2D eigenvalue weighted by Crippen LogP contribution is -1.97. The summed E-state index contributed by atoms with van der Waals surface area (Å²) < 4.78 is 11.7. The van der Waals surface area contributed by atoms with E-state index in [-0.39, 0.29) is 0 Å². The highest BCUT2D eigenvalue weighted by atomic mass is 16.5. The Hall–Kier alpha value is -4.56. The number of hydrogen-bond acceptors (Lipinski definition) is 2. The first-order valence-electron chi connectivity index (χ1n) is 13.0. The third-order valence-corrected chi connectivity index (χ3v) is 7.94. The Morgan fingerprint density at radius 3 is 1.29 bits per heavy atom. The molecule has 0 heterocycles. The molecule has 2 nitrogen and oxygen atoms in total. The Balaban J connectivity index is 1.76. The van der Waals surface area contributed by atoms with Gasteiger partial charge in [-0.2, -0.15) is 0 Å². The lowest BCUT2D eigenvalue weighted by Gasteiger charge is -2.22. The van der Waals surface area contributed by atoms with Crippen LogP contribution in [0.15, 0.2) is 97.1 Å². The zero-order valence-electron chi connectivity index (χ0n) is 22.1.